The van der Waals surface area contributed by atoms with Gasteiger partial charge in [-0.2, -0.15) is 0 Å². The summed E-state index contributed by atoms with van der Waals surface area (Å²) in [5, 5.41) is 8.91. The van der Waals surface area contributed by atoms with Crippen LogP contribution in [0.2, 0.25) is 0 Å². The highest BCUT2D eigenvalue weighted by Crippen LogP contribution is 2.17. The van der Waals surface area contributed by atoms with Gasteiger partial charge in [-0.3, -0.25) is 0 Å². The van der Waals surface area contributed by atoms with Crippen LogP contribution in [0.15, 0.2) is 12.3 Å². The predicted octanol–water partition coefficient (Wildman–Crippen LogP) is 0.302. The smallest absolute Gasteiger partial charge is 0.341 e. The van der Waals surface area contributed by atoms with Crippen molar-refractivity contribution in [3.63, 3.8) is 0 Å². The Morgan fingerprint density at radius 2 is 2.31 bits per heavy atom. The van der Waals surface area contributed by atoms with Crippen molar-refractivity contribution in [3.05, 3.63) is 17.8 Å². The highest BCUT2D eigenvalue weighted by Gasteiger charge is 2.13. The number of rotatable bonds is 5. The number of carboxylic acid groups (broad SMARTS) is 1. The van der Waals surface area contributed by atoms with Crippen LogP contribution in [-0.2, 0) is 0 Å². The molecule has 3 N–H and O–H groups in total. The molecule has 0 aliphatic heterocycles. The third-order valence-corrected chi connectivity index (χ3v) is 1.88. The quantitative estimate of drug-likeness (QED) is 0.749. The Hall–Kier alpha value is -1.82. The number of nitrogens with two attached hydrogens (primary N) is 1. The van der Waals surface area contributed by atoms with E-state index in [1.54, 1.807) is 0 Å². The van der Waals surface area contributed by atoms with Crippen LogP contribution < -0.4 is 10.5 Å². The zero-order valence-corrected chi connectivity index (χ0v) is 9.30. The molecular weight excluding hydrogens is 210 g/mol. The van der Waals surface area contributed by atoms with Crippen LogP contribution >= 0.6 is 0 Å². The standard InChI is InChI=1S/C10H15N3O3/c1-13(2)3-4-16-9-8(10(14)15)5-7(11)6-12-9/h5-6H,3-4,11H2,1-2H3,(H,14,15). The van der Waals surface area contributed by atoms with E-state index in [1.807, 2.05) is 19.0 Å². The summed E-state index contributed by atoms with van der Waals surface area (Å²) in [6.45, 7) is 1.06. The van der Waals surface area contributed by atoms with E-state index in [2.05, 4.69) is 4.98 Å². The van der Waals surface area contributed by atoms with E-state index in [-0.39, 0.29) is 11.4 Å². The number of ether oxygens (including phenoxy) is 1. The molecule has 0 atom stereocenters. The van der Waals surface area contributed by atoms with Crippen LogP contribution in [0.1, 0.15) is 10.4 Å². The minimum Gasteiger partial charge on any atom is -0.477 e. The maximum Gasteiger partial charge on any atom is 0.341 e. The molecule has 16 heavy (non-hydrogen) atoms. The lowest BCUT2D eigenvalue weighted by Gasteiger charge is -2.11. The van der Waals surface area contributed by atoms with Crippen molar-refractivity contribution < 1.29 is 14.6 Å². The molecule has 0 saturated carbocycles. The number of carboxylic acids is 1. The summed E-state index contributed by atoms with van der Waals surface area (Å²) in [7, 11) is 3.80. The van der Waals surface area contributed by atoms with E-state index in [0.29, 0.717) is 18.8 Å². The van der Waals surface area contributed by atoms with Crippen LogP contribution in [0.3, 0.4) is 0 Å². The van der Waals surface area contributed by atoms with Crippen LogP contribution in [0.4, 0.5) is 5.69 Å². The van der Waals surface area contributed by atoms with Crippen molar-refractivity contribution in [1.82, 2.24) is 9.88 Å². The first kappa shape index (κ1) is 12.3. The van der Waals surface area contributed by atoms with Gasteiger partial charge < -0.3 is 20.5 Å². The zero-order valence-electron chi connectivity index (χ0n) is 9.30. The number of hydrogen-bond donors (Lipinski definition) is 2. The second-order valence-corrected chi connectivity index (χ2v) is 3.58. The van der Waals surface area contributed by atoms with Gasteiger partial charge in [0, 0.05) is 6.54 Å². The van der Waals surface area contributed by atoms with Gasteiger partial charge in [0.25, 0.3) is 0 Å². The summed E-state index contributed by atoms with van der Waals surface area (Å²) in [5.41, 5.74) is 5.74. The molecule has 0 aliphatic carbocycles. The first-order valence-electron chi connectivity index (χ1n) is 4.77. The van der Waals surface area contributed by atoms with Gasteiger partial charge in [0.15, 0.2) is 0 Å². The van der Waals surface area contributed by atoms with Crippen molar-refractivity contribution in [2.75, 3.05) is 33.0 Å². The van der Waals surface area contributed by atoms with Gasteiger partial charge in [-0.15, -0.1) is 0 Å². The minimum absolute atomic E-state index is 0.0150. The maximum absolute atomic E-state index is 10.9. The molecule has 0 aromatic carbocycles. The monoisotopic (exact) mass is 225 g/mol. The fourth-order valence-electron chi connectivity index (χ4n) is 1.06. The number of likely N-dealkylation sites (N-methyl/N-ethyl adjacent to an activating group) is 1. The van der Waals surface area contributed by atoms with Crippen LogP contribution in [0, 0.1) is 0 Å². The Bertz CT molecular complexity index is 380. The second-order valence-electron chi connectivity index (χ2n) is 3.58. The molecule has 0 spiro atoms. The van der Waals surface area contributed by atoms with Gasteiger partial charge in [0.2, 0.25) is 5.88 Å². The predicted molar refractivity (Wildman–Crippen MR) is 59.7 cm³/mol. The number of anilines is 1. The molecule has 0 fully saturated rings. The number of nitrogens with zero attached hydrogens (tertiary/aromatic N) is 2. The molecule has 0 unspecified atom stereocenters. The third kappa shape index (κ3) is 3.39. The Morgan fingerprint density at radius 3 is 2.88 bits per heavy atom. The Balaban J connectivity index is 2.75. The number of aromatic nitrogens is 1. The molecule has 0 amide bonds. The molecule has 0 bridgehead atoms. The molecule has 6 heteroatoms. The van der Waals surface area contributed by atoms with Gasteiger partial charge in [-0.25, -0.2) is 9.78 Å². The molecule has 88 valence electrons. The van der Waals surface area contributed by atoms with Gasteiger partial charge in [-0.05, 0) is 20.2 Å². The highest BCUT2D eigenvalue weighted by molar-refractivity contribution is 5.91. The number of pyridine rings is 1. The fourth-order valence-corrected chi connectivity index (χ4v) is 1.06. The largest absolute Gasteiger partial charge is 0.477 e. The van der Waals surface area contributed by atoms with Gasteiger partial charge >= 0.3 is 5.97 Å². The van der Waals surface area contributed by atoms with E-state index >= 15 is 0 Å². The number of nitrogen functional groups attached to an aromatic ring is 1. The van der Waals surface area contributed by atoms with E-state index < -0.39 is 5.97 Å². The van der Waals surface area contributed by atoms with Crippen molar-refractivity contribution in [2.24, 2.45) is 0 Å². The van der Waals surface area contributed by atoms with E-state index in [0.717, 1.165) is 0 Å². The highest BCUT2D eigenvalue weighted by atomic mass is 16.5. The Kier molecular flexibility index (Phi) is 4.07. The zero-order chi connectivity index (χ0) is 12.1. The van der Waals surface area contributed by atoms with Crippen LogP contribution in [0.5, 0.6) is 5.88 Å². The van der Waals surface area contributed by atoms with Gasteiger partial charge in [0.1, 0.15) is 12.2 Å². The average Bonchev–Trinajstić information content (AvgIpc) is 2.19. The maximum atomic E-state index is 10.9. The summed E-state index contributed by atoms with van der Waals surface area (Å²) >= 11 is 0. The summed E-state index contributed by atoms with van der Waals surface area (Å²) in [6, 6.07) is 1.33. The minimum atomic E-state index is -1.10. The fraction of sp³-hybridized carbons (Fsp3) is 0.400. The van der Waals surface area contributed by atoms with Gasteiger partial charge in [0.05, 0.1) is 11.9 Å². The molecule has 0 saturated heterocycles. The van der Waals surface area contributed by atoms with Crippen molar-refractivity contribution >= 4 is 11.7 Å². The molecule has 1 rings (SSSR count). The lowest BCUT2D eigenvalue weighted by Crippen LogP contribution is -2.20. The van der Waals surface area contributed by atoms with Crippen molar-refractivity contribution in [3.8, 4) is 5.88 Å². The first-order chi connectivity index (χ1) is 7.50. The number of aromatic carboxylic acids is 1. The number of hydrogen-bond acceptors (Lipinski definition) is 5. The third-order valence-electron chi connectivity index (χ3n) is 1.88. The average molecular weight is 225 g/mol. The van der Waals surface area contributed by atoms with Gasteiger partial charge in [-0.1, -0.05) is 0 Å². The lowest BCUT2D eigenvalue weighted by molar-refractivity contribution is 0.0691. The molecular formula is C10H15N3O3. The molecule has 1 heterocycles. The van der Waals surface area contributed by atoms with E-state index in [9.17, 15) is 4.79 Å². The molecule has 0 aliphatic rings. The summed E-state index contributed by atoms with van der Waals surface area (Å²) < 4.78 is 5.28. The van der Waals surface area contributed by atoms with Crippen molar-refractivity contribution in [1.29, 1.82) is 0 Å². The topological polar surface area (TPSA) is 88.7 Å². The molecule has 6 nitrogen and oxygen atoms in total. The Morgan fingerprint density at radius 1 is 1.62 bits per heavy atom. The van der Waals surface area contributed by atoms with Crippen LogP contribution in [0.25, 0.3) is 0 Å². The molecule has 0 radical (unpaired) electrons. The van der Waals surface area contributed by atoms with Crippen molar-refractivity contribution in [2.45, 2.75) is 0 Å². The molecule has 1 aromatic heterocycles. The lowest BCUT2D eigenvalue weighted by atomic mass is 10.2. The SMILES string of the molecule is CN(C)CCOc1ncc(N)cc1C(=O)O. The molecule has 1 aromatic rings. The Labute approximate surface area is 93.6 Å². The number of carbonyl (C=O) groups is 1. The van der Waals surface area contributed by atoms with E-state index in [1.165, 1.54) is 12.3 Å². The van der Waals surface area contributed by atoms with E-state index in [4.69, 9.17) is 15.6 Å². The van der Waals surface area contributed by atoms with Crippen LogP contribution in [-0.4, -0.2) is 48.2 Å². The normalized spacial score (nSPS) is 10.4. The summed E-state index contributed by atoms with van der Waals surface area (Å²) in [6.07, 6.45) is 1.37. The second kappa shape index (κ2) is 5.32. The summed E-state index contributed by atoms with van der Waals surface area (Å²) in [4.78, 5) is 16.7. The summed E-state index contributed by atoms with van der Waals surface area (Å²) in [5.74, 6) is -0.997. The first-order valence-corrected chi connectivity index (χ1v) is 4.77.